The zero-order valence-corrected chi connectivity index (χ0v) is 5.61. The van der Waals surface area contributed by atoms with Crippen LogP contribution in [0.2, 0.25) is 0 Å². The SMILES string of the molecule is C/C=C/COCC(F)(F)F. The number of hydrogen-bond acceptors (Lipinski definition) is 1. The van der Waals surface area contributed by atoms with E-state index in [4.69, 9.17) is 0 Å². The summed E-state index contributed by atoms with van der Waals surface area (Å²) in [6.07, 6.45) is -1.05. The number of allylic oxidation sites excluding steroid dienone is 1. The molecule has 0 aromatic carbocycles. The second-order valence-corrected chi connectivity index (χ2v) is 1.70. The zero-order chi connectivity index (χ0) is 8.04. The first-order chi connectivity index (χ1) is 4.56. The highest BCUT2D eigenvalue weighted by atomic mass is 19.4. The van der Waals surface area contributed by atoms with Crippen molar-refractivity contribution in [1.29, 1.82) is 0 Å². The van der Waals surface area contributed by atoms with E-state index in [0.29, 0.717) is 0 Å². The molecule has 0 saturated carbocycles. The third kappa shape index (κ3) is 7.49. The van der Waals surface area contributed by atoms with Gasteiger partial charge in [-0.25, -0.2) is 0 Å². The first-order valence-corrected chi connectivity index (χ1v) is 2.82. The molecule has 0 aromatic heterocycles. The molecule has 0 bridgehead atoms. The van der Waals surface area contributed by atoms with Crippen LogP contribution in [0, 0.1) is 0 Å². The van der Waals surface area contributed by atoms with Crippen LogP contribution in [0.5, 0.6) is 0 Å². The molecule has 0 spiro atoms. The Kier molecular flexibility index (Phi) is 4.11. The number of alkyl halides is 3. The number of halogens is 3. The van der Waals surface area contributed by atoms with Crippen molar-refractivity contribution >= 4 is 0 Å². The minimum Gasteiger partial charge on any atom is -0.368 e. The fourth-order valence-corrected chi connectivity index (χ4v) is 0.339. The lowest BCUT2D eigenvalue weighted by atomic mass is 10.5. The van der Waals surface area contributed by atoms with Gasteiger partial charge in [-0.1, -0.05) is 12.2 Å². The van der Waals surface area contributed by atoms with Gasteiger partial charge in [0.05, 0.1) is 6.61 Å². The van der Waals surface area contributed by atoms with Gasteiger partial charge in [-0.05, 0) is 6.92 Å². The molecule has 0 N–H and O–H groups in total. The summed E-state index contributed by atoms with van der Waals surface area (Å²) in [7, 11) is 0. The molecule has 0 atom stereocenters. The van der Waals surface area contributed by atoms with Gasteiger partial charge in [-0.2, -0.15) is 13.2 Å². The molecule has 0 aliphatic heterocycles. The monoisotopic (exact) mass is 154 g/mol. The lowest BCUT2D eigenvalue weighted by Crippen LogP contribution is -2.16. The fraction of sp³-hybridized carbons (Fsp3) is 0.667. The van der Waals surface area contributed by atoms with Crippen molar-refractivity contribution in [1.82, 2.24) is 0 Å². The summed E-state index contributed by atoms with van der Waals surface area (Å²) in [6, 6.07) is 0. The van der Waals surface area contributed by atoms with Crippen LogP contribution in [-0.4, -0.2) is 19.4 Å². The molecular weight excluding hydrogens is 145 g/mol. The summed E-state index contributed by atoms with van der Waals surface area (Å²) in [5.74, 6) is 0. The molecule has 0 fully saturated rings. The Labute approximate surface area is 57.5 Å². The van der Waals surface area contributed by atoms with E-state index < -0.39 is 12.8 Å². The highest BCUT2D eigenvalue weighted by Gasteiger charge is 2.26. The molecule has 0 aromatic rings. The van der Waals surface area contributed by atoms with Crippen LogP contribution in [-0.2, 0) is 4.74 Å². The van der Waals surface area contributed by atoms with Crippen molar-refractivity contribution in [3.63, 3.8) is 0 Å². The minimum absolute atomic E-state index is 0.0238. The Morgan fingerprint density at radius 1 is 1.40 bits per heavy atom. The Hall–Kier alpha value is -0.510. The quantitative estimate of drug-likeness (QED) is 0.447. The van der Waals surface area contributed by atoms with Crippen molar-refractivity contribution in [2.75, 3.05) is 13.2 Å². The summed E-state index contributed by atoms with van der Waals surface area (Å²) in [5, 5.41) is 0. The molecule has 1 nitrogen and oxygen atoms in total. The molecule has 4 heteroatoms. The van der Waals surface area contributed by atoms with Gasteiger partial charge in [0.25, 0.3) is 0 Å². The van der Waals surface area contributed by atoms with Gasteiger partial charge in [0, 0.05) is 0 Å². The molecular formula is C6H9F3O. The summed E-state index contributed by atoms with van der Waals surface area (Å²) in [6.45, 7) is 0.574. The molecule has 0 heterocycles. The van der Waals surface area contributed by atoms with Crippen LogP contribution < -0.4 is 0 Å². The van der Waals surface area contributed by atoms with E-state index in [1.165, 1.54) is 6.08 Å². The summed E-state index contributed by atoms with van der Waals surface area (Å²) >= 11 is 0. The van der Waals surface area contributed by atoms with Crippen LogP contribution in [0.3, 0.4) is 0 Å². The predicted octanol–water partition coefficient (Wildman–Crippen LogP) is 2.14. The van der Waals surface area contributed by atoms with Gasteiger partial charge in [-0.3, -0.25) is 0 Å². The standard InChI is InChI=1S/C6H9F3O/c1-2-3-4-10-5-6(7,8)9/h2-3H,4-5H2,1H3/b3-2+. The van der Waals surface area contributed by atoms with Gasteiger partial charge in [0.2, 0.25) is 0 Å². The second kappa shape index (κ2) is 4.33. The smallest absolute Gasteiger partial charge is 0.368 e. The third-order valence-corrected chi connectivity index (χ3v) is 0.716. The lowest BCUT2D eigenvalue weighted by molar-refractivity contribution is -0.171. The zero-order valence-electron chi connectivity index (χ0n) is 5.61. The Morgan fingerprint density at radius 3 is 2.40 bits per heavy atom. The van der Waals surface area contributed by atoms with Crippen molar-refractivity contribution in [3.05, 3.63) is 12.2 Å². The second-order valence-electron chi connectivity index (χ2n) is 1.70. The third-order valence-electron chi connectivity index (χ3n) is 0.716. The Bertz CT molecular complexity index is 106. The van der Waals surface area contributed by atoms with E-state index in [1.807, 2.05) is 0 Å². The maximum absolute atomic E-state index is 11.3. The van der Waals surface area contributed by atoms with Crippen LogP contribution in [0.4, 0.5) is 13.2 Å². The first-order valence-electron chi connectivity index (χ1n) is 2.82. The van der Waals surface area contributed by atoms with Crippen LogP contribution in [0.15, 0.2) is 12.2 Å². The molecule has 0 unspecified atom stereocenters. The molecule has 0 amide bonds. The minimum atomic E-state index is -4.21. The molecule has 0 aliphatic rings. The van der Waals surface area contributed by atoms with Crippen LogP contribution in [0.25, 0.3) is 0 Å². The van der Waals surface area contributed by atoms with Crippen molar-refractivity contribution in [2.45, 2.75) is 13.1 Å². The Morgan fingerprint density at radius 2 is 2.00 bits per heavy atom. The van der Waals surface area contributed by atoms with Gasteiger partial charge >= 0.3 is 6.18 Å². The van der Waals surface area contributed by atoms with Gasteiger partial charge in [0.1, 0.15) is 6.61 Å². The van der Waals surface area contributed by atoms with E-state index in [-0.39, 0.29) is 6.61 Å². The molecule has 60 valence electrons. The van der Waals surface area contributed by atoms with Crippen molar-refractivity contribution in [3.8, 4) is 0 Å². The predicted molar refractivity (Wildman–Crippen MR) is 31.7 cm³/mol. The topological polar surface area (TPSA) is 9.23 Å². The highest BCUT2D eigenvalue weighted by Crippen LogP contribution is 2.13. The number of rotatable bonds is 3. The number of hydrogen-bond donors (Lipinski definition) is 0. The first kappa shape index (κ1) is 9.49. The molecule has 0 radical (unpaired) electrons. The molecule has 0 saturated heterocycles. The van der Waals surface area contributed by atoms with E-state index in [2.05, 4.69) is 4.74 Å². The van der Waals surface area contributed by atoms with Crippen LogP contribution in [0.1, 0.15) is 6.92 Å². The average molecular weight is 154 g/mol. The fourth-order valence-electron chi connectivity index (χ4n) is 0.339. The maximum Gasteiger partial charge on any atom is 0.411 e. The van der Waals surface area contributed by atoms with E-state index in [1.54, 1.807) is 13.0 Å². The summed E-state index contributed by atoms with van der Waals surface area (Å²) < 4.78 is 38.2. The van der Waals surface area contributed by atoms with Gasteiger partial charge in [0.15, 0.2) is 0 Å². The highest BCUT2D eigenvalue weighted by molar-refractivity contribution is 4.75. The maximum atomic E-state index is 11.3. The lowest BCUT2D eigenvalue weighted by Gasteiger charge is -2.04. The van der Waals surface area contributed by atoms with E-state index in [0.717, 1.165) is 0 Å². The van der Waals surface area contributed by atoms with Crippen molar-refractivity contribution in [2.24, 2.45) is 0 Å². The molecule has 10 heavy (non-hydrogen) atoms. The normalized spacial score (nSPS) is 12.8. The van der Waals surface area contributed by atoms with Crippen LogP contribution >= 0.6 is 0 Å². The Balaban J connectivity index is 3.20. The van der Waals surface area contributed by atoms with Gasteiger partial charge < -0.3 is 4.74 Å². The largest absolute Gasteiger partial charge is 0.411 e. The average Bonchev–Trinajstić information content (AvgIpc) is 1.78. The summed E-state index contributed by atoms with van der Waals surface area (Å²) in [4.78, 5) is 0. The van der Waals surface area contributed by atoms with Gasteiger partial charge in [-0.15, -0.1) is 0 Å². The summed E-state index contributed by atoms with van der Waals surface area (Å²) in [5.41, 5.74) is 0. The number of ether oxygens (including phenoxy) is 1. The molecule has 0 rings (SSSR count). The van der Waals surface area contributed by atoms with Crippen molar-refractivity contribution < 1.29 is 17.9 Å². The van der Waals surface area contributed by atoms with E-state index >= 15 is 0 Å². The molecule has 0 aliphatic carbocycles. The van der Waals surface area contributed by atoms with E-state index in [9.17, 15) is 13.2 Å².